The van der Waals surface area contributed by atoms with Gasteiger partial charge in [0, 0.05) is 68.6 Å². The molecule has 2 saturated heterocycles. The Balaban J connectivity index is 1.23. The van der Waals surface area contributed by atoms with E-state index in [0.29, 0.717) is 35.9 Å². The summed E-state index contributed by atoms with van der Waals surface area (Å²) in [6.07, 6.45) is 7.81. The van der Waals surface area contributed by atoms with Crippen molar-refractivity contribution in [2.75, 3.05) is 13.1 Å². The van der Waals surface area contributed by atoms with Gasteiger partial charge in [-0.2, -0.15) is 4.31 Å². The van der Waals surface area contributed by atoms with E-state index in [0.717, 1.165) is 11.1 Å². The van der Waals surface area contributed by atoms with Gasteiger partial charge >= 0.3 is 0 Å². The van der Waals surface area contributed by atoms with Crippen molar-refractivity contribution in [3.8, 4) is 0 Å². The molecule has 1 unspecified atom stereocenters. The van der Waals surface area contributed by atoms with Gasteiger partial charge in [-0.05, 0) is 59.7 Å². The topological polar surface area (TPSA) is 95.5 Å². The first-order valence-corrected chi connectivity index (χ1v) is 13.7. The van der Waals surface area contributed by atoms with Gasteiger partial charge in [0.15, 0.2) is 5.11 Å². The molecule has 1 N–H and O–H groups in total. The van der Waals surface area contributed by atoms with Gasteiger partial charge in [0.2, 0.25) is 10.0 Å². The first-order chi connectivity index (χ1) is 17.4. The second kappa shape index (κ2) is 8.72. The fraction of sp³-hybridized carbons (Fsp3) is 0.308. The number of benzene rings is 1. The van der Waals surface area contributed by atoms with Crippen LogP contribution in [0.2, 0.25) is 0 Å². The molecule has 2 aliphatic heterocycles. The number of hydrogen-bond donors (Lipinski definition) is 1. The molecule has 8 nitrogen and oxygen atoms in total. The minimum atomic E-state index is -3.55. The van der Waals surface area contributed by atoms with E-state index in [2.05, 4.69) is 15.3 Å². The van der Waals surface area contributed by atoms with Gasteiger partial charge < -0.3 is 5.32 Å². The van der Waals surface area contributed by atoms with Crippen molar-refractivity contribution >= 4 is 33.3 Å². The number of nitrogens with zero attached hydrogens (tertiary/aromatic N) is 4. The van der Waals surface area contributed by atoms with Gasteiger partial charge in [-0.3, -0.25) is 19.7 Å². The van der Waals surface area contributed by atoms with Crippen LogP contribution >= 0.6 is 12.2 Å². The van der Waals surface area contributed by atoms with Crippen LogP contribution in [0.3, 0.4) is 0 Å². The molecule has 1 amide bonds. The summed E-state index contributed by atoms with van der Waals surface area (Å²) < 4.78 is 27.7. The van der Waals surface area contributed by atoms with Crippen molar-refractivity contribution in [3.63, 3.8) is 0 Å². The molecule has 10 heteroatoms. The molecule has 36 heavy (non-hydrogen) atoms. The molecule has 1 aromatic carbocycles. The summed E-state index contributed by atoms with van der Waals surface area (Å²) in [7, 11) is -3.55. The van der Waals surface area contributed by atoms with Gasteiger partial charge in [-0.1, -0.05) is 18.2 Å². The third-order valence-electron chi connectivity index (χ3n) is 7.50. The highest BCUT2D eigenvalue weighted by atomic mass is 32.2. The van der Waals surface area contributed by atoms with Crippen LogP contribution in [0, 0.1) is 11.8 Å². The highest BCUT2D eigenvalue weighted by molar-refractivity contribution is 7.89. The number of amides is 1. The van der Waals surface area contributed by atoms with Gasteiger partial charge in [-0.25, -0.2) is 8.42 Å². The lowest BCUT2D eigenvalue weighted by atomic mass is 9.85. The molecule has 0 spiro atoms. The van der Waals surface area contributed by atoms with E-state index in [-0.39, 0.29) is 23.8 Å². The monoisotopic (exact) mass is 519 g/mol. The zero-order chi connectivity index (χ0) is 24.9. The Kier molecular flexibility index (Phi) is 5.62. The summed E-state index contributed by atoms with van der Waals surface area (Å²) in [4.78, 5) is 24.3. The number of thiocarbonyl (C=S) groups is 1. The lowest BCUT2D eigenvalue weighted by Gasteiger charge is -2.28. The number of aromatic nitrogens is 2. The number of carbonyl (C=O) groups is 1. The second-order valence-corrected chi connectivity index (χ2v) is 12.0. The third-order valence-corrected chi connectivity index (χ3v) is 9.64. The SMILES string of the molecule is O=C1N(C2[C@H]3CN(S(=O)(=O)c4ccccc4)C[C@@H]23)C(=S)NC1(Cc1ccncc1)Cc1ccncc1. The Labute approximate surface area is 215 Å². The Hall–Kier alpha value is -3.21. The summed E-state index contributed by atoms with van der Waals surface area (Å²) in [5.41, 5.74) is 1.05. The third kappa shape index (κ3) is 3.89. The van der Waals surface area contributed by atoms with Gasteiger partial charge in [0.1, 0.15) is 5.54 Å². The Bertz CT molecular complexity index is 1350. The van der Waals surface area contributed by atoms with Crippen LogP contribution in [0.4, 0.5) is 0 Å². The largest absolute Gasteiger partial charge is 0.347 e. The van der Waals surface area contributed by atoms with Crippen molar-refractivity contribution in [2.24, 2.45) is 11.8 Å². The molecule has 1 saturated carbocycles. The minimum absolute atomic E-state index is 0.0574. The maximum absolute atomic E-state index is 14.1. The Morgan fingerprint density at radius 3 is 1.94 bits per heavy atom. The number of rotatable bonds is 7. The first kappa shape index (κ1) is 23.2. The summed E-state index contributed by atoms with van der Waals surface area (Å²) in [5.74, 6) is 0.0904. The van der Waals surface area contributed by atoms with E-state index in [9.17, 15) is 13.2 Å². The van der Waals surface area contributed by atoms with E-state index in [4.69, 9.17) is 12.2 Å². The van der Waals surface area contributed by atoms with Crippen LogP contribution in [0.5, 0.6) is 0 Å². The number of hydrogen-bond acceptors (Lipinski definition) is 6. The van der Waals surface area contributed by atoms with Crippen molar-refractivity contribution < 1.29 is 13.2 Å². The number of carbonyl (C=O) groups excluding carboxylic acids is 1. The molecular formula is C26H25N5O3S2. The molecule has 3 atom stereocenters. The highest BCUT2D eigenvalue weighted by Gasteiger charge is 2.65. The van der Waals surface area contributed by atoms with E-state index in [1.807, 2.05) is 24.3 Å². The fourth-order valence-electron chi connectivity index (χ4n) is 5.69. The van der Waals surface area contributed by atoms with E-state index < -0.39 is 15.6 Å². The van der Waals surface area contributed by atoms with Crippen molar-refractivity contribution in [2.45, 2.75) is 29.3 Å². The molecular weight excluding hydrogens is 494 g/mol. The summed E-state index contributed by atoms with van der Waals surface area (Å²) in [6.45, 7) is 0.779. The molecule has 4 heterocycles. The number of piperidine rings is 1. The van der Waals surface area contributed by atoms with Gasteiger partial charge in [-0.15, -0.1) is 0 Å². The molecule has 3 aromatic rings. The van der Waals surface area contributed by atoms with Crippen LogP contribution in [-0.4, -0.2) is 63.3 Å². The Morgan fingerprint density at radius 2 is 1.42 bits per heavy atom. The average Bonchev–Trinajstić information content (AvgIpc) is 3.23. The zero-order valence-corrected chi connectivity index (χ0v) is 21.0. The highest BCUT2D eigenvalue weighted by Crippen LogP contribution is 2.52. The quantitative estimate of drug-likeness (QED) is 0.478. The maximum Gasteiger partial charge on any atom is 0.255 e. The molecule has 3 aliphatic rings. The van der Waals surface area contributed by atoms with Crippen LogP contribution in [0.1, 0.15) is 11.1 Å². The van der Waals surface area contributed by atoms with Gasteiger partial charge in [0.05, 0.1) is 4.90 Å². The smallest absolute Gasteiger partial charge is 0.255 e. The summed E-state index contributed by atoms with van der Waals surface area (Å²) >= 11 is 5.71. The van der Waals surface area contributed by atoms with E-state index in [1.165, 1.54) is 4.31 Å². The van der Waals surface area contributed by atoms with Crippen molar-refractivity contribution in [1.82, 2.24) is 24.5 Å². The molecule has 184 valence electrons. The fourth-order valence-corrected chi connectivity index (χ4v) is 7.63. The molecule has 6 rings (SSSR count). The summed E-state index contributed by atoms with van der Waals surface area (Å²) in [6, 6.07) is 16.0. The maximum atomic E-state index is 14.1. The van der Waals surface area contributed by atoms with E-state index >= 15 is 0 Å². The van der Waals surface area contributed by atoms with Crippen LogP contribution in [0.25, 0.3) is 0 Å². The molecule has 1 aliphatic carbocycles. The normalized spacial score (nSPS) is 25.0. The Morgan fingerprint density at radius 1 is 0.889 bits per heavy atom. The van der Waals surface area contributed by atoms with Crippen LogP contribution in [0.15, 0.2) is 84.3 Å². The second-order valence-electron chi connectivity index (χ2n) is 9.71. The standard InChI is InChI=1S/C26H25N5O3S2/c32-24-26(14-18-6-10-27-11-7-18,15-19-8-12-28-13-9-19)29-25(35)31(24)23-21-16-30(17-22(21)23)36(33,34)20-4-2-1-3-5-20/h1-13,21-23H,14-17H2,(H,29,35)/t21-,22+,23?. The predicted molar refractivity (Wildman–Crippen MR) is 137 cm³/mol. The van der Waals surface area contributed by atoms with Gasteiger partial charge in [0.25, 0.3) is 5.91 Å². The number of fused-ring (bicyclic) bond motifs is 1. The zero-order valence-electron chi connectivity index (χ0n) is 19.4. The predicted octanol–water partition coefficient (Wildman–Crippen LogP) is 2.04. The lowest BCUT2D eigenvalue weighted by Crippen LogP contribution is -2.51. The summed E-state index contributed by atoms with van der Waals surface area (Å²) in [5, 5.41) is 3.79. The average molecular weight is 520 g/mol. The molecule has 2 aromatic heterocycles. The molecule has 3 fully saturated rings. The number of pyridine rings is 2. The molecule has 0 bridgehead atoms. The minimum Gasteiger partial charge on any atom is -0.347 e. The van der Waals surface area contributed by atoms with Crippen LogP contribution in [-0.2, 0) is 27.7 Å². The van der Waals surface area contributed by atoms with Crippen molar-refractivity contribution in [1.29, 1.82) is 0 Å². The number of nitrogens with one attached hydrogen (secondary N) is 1. The van der Waals surface area contributed by atoms with E-state index in [1.54, 1.807) is 60.0 Å². The van der Waals surface area contributed by atoms with Crippen molar-refractivity contribution in [3.05, 3.63) is 90.5 Å². The number of sulfonamides is 1. The van der Waals surface area contributed by atoms with Crippen LogP contribution < -0.4 is 5.32 Å². The molecule has 0 radical (unpaired) electrons. The lowest BCUT2D eigenvalue weighted by molar-refractivity contribution is -0.131. The first-order valence-electron chi connectivity index (χ1n) is 11.9.